The number of benzene rings is 2. The maximum atomic E-state index is 12.4. The third-order valence-corrected chi connectivity index (χ3v) is 10.7. The van der Waals surface area contributed by atoms with Crippen LogP contribution in [0, 0.1) is 18.8 Å². The van der Waals surface area contributed by atoms with Crippen LogP contribution in [0.5, 0.6) is 11.5 Å². The second kappa shape index (κ2) is 13.3. The maximum absolute atomic E-state index is 12.4. The van der Waals surface area contributed by atoms with Crippen molar-refractivity contribution < 1.29 is 27.8 Å². The minimum absolute atomic E-state index is 0.0178. The fraction of sp³-hybridized carbons (Fsp3) is 0.375. The average molecular weight is 624 g/mol. The summed E-state index contributed by atoms with van der Waals surface area (Å²) in [5.41, 5.74) is 5.27. The quantitative estimate of drug-likeness (QED) is 0.218. The number of aryl methyl sites for hydroxylation is 1. The zero-order valence-electron chi connectivity index (χ0n) is 24.5. The Balaban J connectivity index is 1.30. The van der Waals surface area contributed by atoms with Crippen molar-refractivity contribution in [1.82, 2.24) is 14.3 Å². The van der Waals surface area contributed by atoms with Gasteiger partial charge in [-0.2, -0.15) is 8.42 Å². The standard InChI is InChI=1S/C32H37N3O6S2/c1-21-28(40-2)17-26(18-29(21)41-3)31(37)27(16-23-14-24-6-4-5-7-25(24)15-23)20-35-12-10-22(19-35)8-9-30(36)34-43(38,39)32-33-11-13-42-32/h4-7,10-13,17-19,23,27,31,37H,8-9,14-16,20H2,1-3H3,(H,34,36)/t27-,31-/m1/s1. The van der Waals surface area contributed by atoms with Crippen LogP contribution in [0.2, 0.25) is 0 Å². The van der Waals surface area contributed by atoms with Crippen LogP contribution in [0.1, 0.15) is 46.8 Å². The van der Waals surface area contributed by atoms with E-state index < -0.39 is 22.0 Å². The van der Waals surface area contributed by atoms with Crippen molar-refractivity contribution in [3.05, 3.63) is 94.3 Å². The Morgan fingerprint density at radius 1 is 1.14 bits per heavy atom. The summed E-state index contributed by atoms with van der Waals surface area (Å²) in [6, 6.07) is 14.2. The zero-order valence-corrected chi connectivity index (χ0v) is 26.2. The number of ether oxygens (including phenoxy) is 2. The van der Waals surface area contributed by atoms with E-state index >= 15 is 0 Å². The fourth-order valence-corrected chi connectivity index (χ4v) is 7.81. The first-order chi connectivity index (χ1) is 20.7. The van der Waals surface area contributed by atoms with Crippen LogP contribution in [0.15, 0.2) is 70.8 Å². The van der Waals surface area contributed by atoms with Gasteiger partial charge in [0.05, 0.1) is 20.3 Å². The number of aliphatic hydroxyl groups excluding tert-OH is 1. The van der Waals surface area contributed by atoms with Gasteiger partial charge in [-0.25, -0.2) is 9.71 Å². The van der Waals surface area contributed by atoms with E-state index in [-0.39, 0.29) is 16.7 Å². The van der Waals surface area contributed by atoms with Gasteiger partial charge in [-0.15, -0.1) is 11.3 Å². The van der Waals surface area contributed by atoms with Crippen LogP contribution in [0.4, 0.5) is 0 Å². The van der Waals surface area contributed by atoms with Gasteiger partial charge >= 0.3 is 0 Å². The molecule has 11 heteroatoms. The molecule has 2 aromatic heterocycles. The van der Waals surface area contributed by atoms with E-state index in [2.05, 4.69) is 34.0 Å². The molecule has 2 atom stereocenters. The van der Waals surface area contributed by atoms with Gasteiger partial charge in [0.1, 0.15) is 11.5 Å². The van der Waals surface area contributed by atoms with Gasteiger partial charge in [-0.3, -0.25) is 4.79 Å². The van der Waals surface area contributed by atoms with Crippen LogP contribution in [-0.2, 0) is 40.6 Å². The molecule has 43 heavy (non-hydrogen) atoms. The molecule has 2 N–H and O–H groups in total. The number of thiazole rings is 1. The SMILES string of the molecule is COc1cc([C@@H](O)[C@H](CC2Cc3ccccc3C2)Cn2ccc(CCC(=O)NS(=O)(=O)c3nccs3)c2)cc(OC)c1C. The highest BCUT2D eigenvalue weighted by Crippen LogP contribution is 2.39. The lowest BCUT2D eigenvalue weighted by molar-refractivity contribution is -0.119. The first-order valence-electron chi connectivity index (χ1n) is 14.2. The van der Waals surface area contributed by atoms with Crippen molar-refractivity contribution in [2.45, 2.75) is 56.0 Å². The molecule has 9 nitrogen and oxygen atoms in total. The number of rotatable bonds is 13. The number of methoxy groups -OCH3 is 2. The van der Waals surface area contributed by atoms with Crippen molar-refractivity contribution in [2.75, 3.05) is 14.2 Å². The zero-order chi connectivity index (χ0) is 30.6. The molecular weight excluding hydrogens is 587 g/mol. The number of nitrogens with one attached hydrogen (secondary N) is 1. The Morgan fingerprint density at radius 3 is 2.42 bits per heavy atom. The highest BCUT2D eigenvalue weighted by molar-refractivity contribution is 7.92. The van der Waals surface area contributed by atoms with Crippen molar-refractivity contribution in [1.29, 1.82) is 0 Å². The minimum Gasteiger partial charge on any atom is -0.496 e. The van der Waals surface area contributed by atoms with Crippen LogP contribution >= 0.6 is 11.3 Å². The molecule has 0 fully saturated rings. The number of aliphatic hydroxyl groups is 1. The molecule has 0 aliphatic heterocycles. The molecule has 0 spiro atoms. The lowest BCUT2D eigenvalue weighted by Gasteiger charge is -2.27. The molecule has 2 aromatic carbocycles. The van der Waals surface area contributed by atoms with E-state index in [0.29, 0.717) is 30.4 Å². The molecule has 2 heterocycles. The van der Waals surface area contributed by atoms with Crippen molar-refractivity contribution in [3.63, 3.8) is 0 Å². The van der Waals surface area contributed by atoms with E-state index in [1.165, 1.54) is 17.3 Å². The van der Waals surface area contributed by atoms with E-state index in [9.17, 15) is 18.3 Å². The summed E-state index contributed by atoms with van der Waals surface area (Å²) < 4.78 is 39.8. The molecule has 1 aliphatic carbocycles. The largest absolute Gasteiger partial charge is 0.496 e. The van der Waals surface area contributed by atoms with Gasteiger partial charge in [0.15, 0.2) is 0 Å². The third-order valence-electron chi connectivity index (χ3n) is 8.12. The van der Waals surface area contributed by atoms with Gasteiger partial charge in [0.25, 0.3) is 10.0 Å². The highest BCUT2D eigenvalue weighted by atomic mass is 32.2. The molecule has 0 saturated heterocycles. The molecule has 4 aromatic rings. The predicted molar refractivity (Wildman–Crippen MR) is 165 cm³/mol. The molecule has 1 amide bonds. The minimum atomic E-state index is -3.95. The molecule has 0 unspecified atom stereocenters. The number of sulfonamides is 1. The van der Waals surface area contributed by atoms with Crippen LogP contribution < -0.4 is 14.2 Å². The molecule has 0 bridgehead atoms. The van der Waals surface area contributed by atoms with Gasteiger partial charge in [0, 0.05) is 48.4 Å². The number of hydrogen-bond donors (Lipinski definition) is 2. The summed E-state index contributed by atoms with van der Waals surface area (Å²) in [6.07, 6.45) is 7.70. The summed E-state index contributed by atoms with van der Waals surface area (Å²) in [4.78, 5) is 16.2. The molecule has 228 valence electrons. The number of amides is 1. The average Bonchev–Trinajstić information content (AvgIpc) is 3.77. The third kappa shape index (κ3) is 7.29. The number of fused-ring (bicyclic) bond motifs is 1. The Kier molecular flexibility index (Phi) is 9.53. The molecule has 0 radical (unpaired) electrons. The van der Waals surface area contributed by atoms with E-state index in [1.807, 2.05) is 42.1 Å². The maximum Gasteiger partial charge on any atom is 0.291 e. The number of carbonyl (C=O) groups is 1. The number of nitrogens with zero attached hydrogens (tertiary/aromatic N) is 2. The lowest BCUT2D eigenvalue weighted by Crippen LogP contribution is -2.30. The van der Waals surface area contributed by atoms with Crippen LogP contribution in [0.3, 0.4) is 0 Å². The van der Waals surface area contributed by atoms with Crippen molar-refractivity contribution >= 4 is 27.3 Å². The number of carbonyl (C=O) groups excluding carboxylic acids is 1. The van der Waals surface area contributed by atoms with Gasteiger partial charge in [-0.05, 0) is 79.0 Å². The summed E-state index contributed by atoms with van der Waals surface area (Å²) in [7, 11) is -0.730. The summed E-state index contributed by atoms with van der Waals surface area (Å²) in [6.45, 7) is 2.49. The Morgan fingerprint density at radius 2 is 1.81 bits per heavy atom. The normalized spacial score (nSPS) is 14.7. The Labute approximate surface area is 256 Å². The van der Waals surface area contributed by atoms with Crippen molar-refractivity contribution in [2.24, 2.45) is 11.8 Å². The van der Waals surface area contributed by atoms with E-state index in [0.717, 1.165) is 47.3 Å². The summed E-state index contributed by atoms with van der Waals surface area (Å²) >= 11 is 0.957. The molecule has 0 saturated carbocycles. The summed E-state index contributed by atoms with van der Waals surface area (Å²) in [5, 5.41) is 13.3. The monoisotopic (exact) mass is 623 g/mol. The highest BCUT2D eigenvalue weighted by Gasteiger charge is 2.30. The van der Waals surface area contributed by atoms with E-state index in [1.54, 1.807) is 19.6 Å². The predicted octanol–water partition coefficient (Wildman–Crippen LogP) is 4.86. The van der Waals surface area contributed by atoms with Gasteiger partial charge < -0.3 is 19.1 Å². The molecular formula is C32H37N3O6S2. The first-order valence-corrected chi connectivity index (χ1v) is 16.6. The molecule has 5 rings (SSSR count). The topological polar surface area (TPSA) is 120 Å². The molecule has 1 aliphatic rings. The fourth-order valence-electron chi connectivity index (χ4n) is 5.97. The first kappa shape index (κ1) is 30.8. The number of hydrogen-bond acceptors (Lipinski definition) is 8. The van der Waals surface area contributed by atoms with Gasteiger partial charge in [0.2, 0.25) is 10.2 Å². The van der Waals surface area contributed by atoms with Crippen LogP contribution in [-0.4, -0.2) is 43.2 Å². The second-order valence-electron chi connectivity index (χ2n) is 11.1. The smallest absolute Gasteiger partial charge is 0.291 e. The lowest BCUT2D eigenvalue weighted by atomic mass is 9.85. The van der Waals surface area contributed by atoms with Crippen molar-refractivity contribution in [3.8, 4) is 11.5 Å². The van der Waals surface area contributed by atoms with E-state index in [4.69, 9.17) is 9.47 Å². The second-order valence-corrected chi connectivity index (χ2v) is 13.8. The Bertz CT molecular complexity index is 1620. The van der Waals surface area contributed by atoms with Gasteiger partial charge in [-0.1, -0.05) is 24.3 Å². The van der Waals surface area contributed by atoms with Crippen LogP contribution in [0.25, 0.3) is 0 Å². The number of aromatic nitrogens is 2. The Hall–Kier alpha value is -3.67. The summed E-state index contributed by atoms with van der Waals surface area (Å²) in [5.74, 6) is 1.05.